The fraction of sp³-hybridized carbons (Fsp3) is 0.200. The molecule has 0 bridgehead atoms. The molecule has 0 atom stereocenters. The number of rotatable bonds is 3. The van der Waals surface area contributed by atoms with Gasteiger partial charge < -0.3 is 9.88 Å². The minimum absolute atomic E-state index is 0.00998. The van der Waals surface area contributed by atoms with Gasteiger partial charge in [-0.25, -0.2) is 13.8 Å². The average molecular weight is 417 g/mol. The SMILES string of the molecule is O=C(c1ccc(-c2ccc(F)cc2)cc1)N1CCC(c2nc3ccc(F)cc3[nH]2)CC1. The molecule has 0 aliphatic carbocycles. The van der Waals surface area contributed by atoms with Gasteiger partial charge in [-0.3, -0.25) is 4.79 Å². The Bertz CT molecular complexity index is 1220. The van der Waals surface area contributed by atoms with Gasteiger partial charge in [-0.05, 0) is 66.4 Å². The van der Waals surface area contributed by atoms with Crippen LogP contribution in [0.2, 0.25) is 0 Å². The first-order chi connectivity index (χ1) is 15.1. The predicted molar refractivity (Wildman–Crippen MR) is 116 cm³/mol. The Kier molecular flexibility index (Phi) is 4.98. The van der Waals surface area contributed by atoms with Crippen molar-refractivity contribution in [3.8, 4) is 11.1 Å². The molecule has 0 radical (unpaired) electrons. The Labute approximate surface area is 178 Å². The zero-order valence-corrected chi connectivity index (χ0v) is 16.8. The molecule has 4 nitrogen and oxygen atoms in total. The van der Waals surface area contributed by atoms with Crippen molar-refractivity contribution in [2.75, 3.05) is 13.1 Å². The number of hydrogen-bond acceptors (Lipinski definition) is 2. The number of carbonyl (C=O) groups is 1. The van der Waals surface area contributed by atoms with Crippen molar-refractivity contribution in [1.82, 2.24) is 14.9 Å². The summed E-state index contributed by atoms with van der Waals surface area (Å²) >= 11 is 0. The van der Waals surface area contributed by atoms with Crippen LogP contribution < -0.4 is 0 Å². The first-order valence-corrected chi connectivity index (χ1v) is 10.4. The van der Waals surface area contributed by atoms with Crippen molar-refractivity contribution in [3.63, 3.8) is 0 Å². The lowest BCUT2D eigenvalue weighted by Crippen LogP contribution is -2.38. The van der Waals surface area contributed by atoms with Crippen LogP contribution in [0.5, 0.6) is 0 Å². The van der Waals surface area contributed by atoms with E-state index in [0.29, 0.717) is 24.2 Å². The number of piperidine rings is 1. The number of likely N-dealkylation sites (tertiary alicyclic amines) is 1. The van der Waals surface area contributed by atoms with E-state index in [-0.39, 0.29) is 23.5 Å². The zero-order chi connectivity index (χ0) is 21.4. The maximum atomic E-state index is 13.4. The van der Waals surface area contributed by atoms with Gasteiger partial charge in [0.05, 0.1) is 11.0 Å². The number of fused-ring (bicyclic) bond motifs is 1. The monoisotopic (exact) mass is 417 g/mol. The number of benzene rings is 3. The lowest BCUT2D eigenvalue weighted by atomic mass is 9.95. The molecule has 1 aliphatic rings. The molecule has 2 heterocycles. The summed E-state index contributed by atoms with van der Waals surface area (Å²) in [6, 6.07) is 18.3. The molecule has 6 heteroatoms. The van der Waals surface area contributed by atoms with E-state index >= 15 is 0 Å². The minimum Gasteiger partial charge on any atom is -0.342 e. The Hall–Kier alpha value is -3.54. The van der Waals surface area contributed by atoms with Crippen LogP contribution in [0.3, 0.4) is 0 Å². The maximum absolute atomic E-state index is 13.4. The number of carbonyl (C=O) groups excluding carboxylic acids is 1. The van der Waals surface area contributed by atoms with Gasteiger partial charge in [0.1, 0.15) is 17.5 Å². The van der Waals surface area contributed by atoms with Crippen molar-refractivity contribution in [2.24, 2.45) is 0 Å². The van der Waals surface area contributed by atoms with Gasteiger partial charge in [-0.15, -0.1) is 0 Å². The molecule has 1 saturated heterocycles. The number of nitrogens with one attached hydrogen (secondary N) is 1. The molecule has 4 aromatic rings. The number of H-pyrrole nitrogens is 1. The van der Waals surface area contributed by atoms with Crippen molar-refractivity contribution >= 4 is 16.9 Å². The van der Waals surface area contributed by atoms with E-state index in [1.54, 1.807) is 18.2 Å². The Morgan fingerprint density at radius 2 is 1.48 bits per heavy atom. The number of amides is 1. The standard InChI is InChI=1S/C25H21F2N3O/c26-20-7-5-17(6-8-20)16-1-3-19(4-2-16)25(31)30-13-11-18(12-14-30)24-28-22-10-9-21(27)15-23(22)29-24/h1-10,15,18H,11-14H2,(H,28,29). The predicted octanol–water partition coefficient (Wildman–Crippen LogP) is 5.53. The quantitative estimate of drug-likeness (QED) is 0.477. The molecule has 1 aliphatic heterocycles. The minimum atomic E-state index is -0.284. The number of nitrogens with zero attached hydrogens (tertiary/aromatic N) is 2. The third kappa shape index (κ3) is 3.93. The van der Waals surface area contributed by atoms with Crippen LogP contribution in [-0.4, -0.2) is 33.9 Å². The van der Waals surface area contributed by atoms with E-state index in [1.165, 1.54) is 24.3 Å². The van der Waals surface area contributed by atoms with Gasteiger partial charge in [-0.2, -0.15) is 0 Å². The molecule has 3 aromatic carbocycles. The van der Waals surface area contributed by atoms with Gasteiger partial charge in [0.25, 0.3) is 5.91 Å². The third-order valence-corrected chi connectivity index (χ3v) is 5.94. The van der Waals surface area contributed by atoms with Crippen LogP contribution in [0.25, 0.3) is 22.2 Å². The van der Waals surface area contributed by atoms with Gasteiger partial charge in [0.15, 0.2) is 0 Å². The van der Waals surface area contributed by atoms with Gasteiger partial charge in [-0.1, -0.05) is 24.3 Å². The van der Waals surface area contributed by atoms with E-state index in [9.17, 15) is 13.6 Å². The fourth-order valence-corrected chi connectivity index (χ4v) is 4.18. The Morgan fingerprint density at radius 1 is 0.871 bits per heavy atom. The summed E-state index contributed by atoms with van der Waals surface area (Å²) in [6.45, 7) is 1.29. The Balaban J connectivity index is 1.24. The second-order valence-electron chi connectivity index (χ2n) is 7.93. The van der Waals surface area contributed by atoms with Crippen molar-refractivity contribution in [2.45, 2.75) is 18.8 Å². The van der Waals surface area contributed by atoms with E-state index < -0.39 is 0 Å². The summed E-state index contributed by atoms with van der Waals surface area (Å²) in [5, 5.41) is 0. The summed E-state index contributed by atoms with van der Waals surface area (Å²) in [4.78, 5) is 22.6. The van der Waals surface area contributed by atoms with Crippen LogP contribution >= 0.6 is 0 Å². The van der Waals surface area contributed by atoms with Crippen LogP contribution in [0.1, 0.15) is 34.9 Å². The lowest BCUT2D eigenvalue weighted by Gasteiger charge is -2.31. The third-order valence-electron chi connectivity index (χ3n) is 5.94. The summed E-state index contributed by atoms with van der Waals surface area (Å²) < 4.78 is 26.5. The molecule has 1 amide bonds. The van der Waals surface area contributed by atoms with Crippen LogP contribution in [-0.2, 0) is 0 Å². The maximum Gasteiger partial charge on any atom is 0.253 e. The topological polar surface area (TPSA) is 49.0 Å². The van der Waals surface area contributed by atoms with Crippen molar-refractivity contribution in [3.05, 3.63) is 89.8 Å². The normalized spacial score (nSPS) is 14.8. The first kappa shape index (κ1) is 19.4. The van der Waals surface area contributed by atoms with Crippen LogP contribution in [0, 0.1) is 11.6 Å². The number of imidazole rings is 1. The second kappa shape index (κ2) is 7.95. The highest BCUT2D eigenvalue weighted by atomic mass is 19.1. The number of hydrogen-bond donors (Lipinski definition) is 1. The molecule has 1 aromatic heterocycles. The summed E-state index contributed by atoms with van der Waals surface area (Å²) in [5.41, 5.74) is 3.96. The van der Waals surface area contributed by atoms with Crippen molar-refractivity contribution in [1.29, 1.82) is 0 Å². The van der Waals surface area contributed by atoms with Gasteiger partial charge >= 0.3 is 0 Å². The molecule has 1 N–H and O–H groups in total. The number of aromatic nitrogens is 2. The Morgan fingerprint density at radius 3 is 2.16 bits per heavy atom. The molecule has 1 fully saturated rings. The molecule has 31 heavy (non-hydrogen) atoms. The lowest BCUT2D eigenvalue weighted by molar-refractivity contribution is 0.0711. The highest BCUT2D eigenvalue weighted by Gasteiger charge is 2.26. The van der Waals surface area contributed by atoms with E-state index in [1.807, 2.05) is 29.2 Å². The molecule has 0 saturated carbocycles. The summed E-state index contributed by atoms with van der Waals surface area (Å²) in [7, 11) is 0. The molecule has 156 valence electrons. The highest BCUT2D eigenvalue weighted by molar-refractivity contribution is 5.94. The first-order valence-electron chi connectivity index (χ1n) is 10.4. The highest BCUT2D eigenvalue weighted by Crippen LogP contribution is 2.29. The largest absolute Gasteiger partial charge is 0.342 e. The molecule has 0 spiro atoms. The van der Waals surface area contributed by atoms with Crippen molar-refractivity contribution < 1.29 is 13.6 Å². The molecule has 5 rings (SSSR count). The average Bonchev–Trinajstić information content (AvgIpc) is 3.22. The van der Waals surface area contributed by atoms with Crippen LogP contribution in [0.15, 0.2) is 66.7 Å². The number of halogens is 2. The second-order valence-corrected chi connectivity index (χ2v) is 7.93. The summed E-state index contributed by atoms with van der Waals surface area (Å²) in [5.74, 6) is 0.537. The van der Waals surface area contributed by atoms with Gasteiger partial charge in [0, 0.05) is 24.6 Å². The van der Waals surface area contributed by atoms with E-state index in [0.717, 1.165) is 35.3 Å². The zero-order valence-electron chi connectivity index (χ0n) is 16.8. The smallest absolute Gasteiger partial charge is 0.253 e. The number of aromatic amines is 1. The summed E-state index contributed by atoms with van der Waals surface area (Å²) in [6.07, 6.45) is 1.61. The fourth-order valence-electron chi connectivity index (χ4n) is 4.18. The van der Waals surface area contributed by atoms with Gasteiger partial charge in [0.2, 0.25) is 0 Å². The van der Waals surface area contributed by atoms with Crippen LogP contribution in [0.4, 0.5) is 8.78 Å². The van der Waals surface area contributed by atoms with E-state index in [4.69, 9.17) is 0 Å². The van der Waals surface area contributed by atoms with E-state index in [2.05, 4.69) is 9.97 Å². The molecular formula is C25H21F2N3O. The molecular weight excluding hydrogens is 396 g/mol. The molecule has 0 unspecified atom stereocenters.